The fourth-order valence-electron chi connectivity index (χ4n) is 1.56. The van der Waals surface area contributed by atoms with E-state index < -0.39 is 16.6 Å². The molecule has 2 heterocycles. The molecule has 2 unspecified atom stereocenters. The lowest BCUT2D eigenvalue weighted by Gasteiger charge is -2.07. The molecule has 1 N–H and O–H groups in total. The lowest BCUT2D eigenvalue weighted by atomic mass is 10.3. The van der Waals surface area contributed by atoms with Crippen molar-refractivity contribution in [1.29, 1.82) is 0 Å². The van der Waals surface area contributed by atoms with Gasteiger partial charge >= 0.3 is 0 Å². The second-order valence-electron chi connectivity index (χ2n) is 4.48. The van der Waals surface area contributed by atoms with Crippen molar-refractivity contribution in [2.24, 2.45) is 0 Å². The number of hydrogen-bond donors (Lipinski definition) is 1. The first-order valence-corrected chi connectivity index (χ1v) is 8.58. The summed E-state index contributed by atoms with van der Waals surface area (Å²) in [5.74, 6) is -0.655. The van der Waals surface area contributed by atoms with Crippen LogP contribution in [-0.2, 0) is 15.6 Å². The summed E-state index contributed by atoms with van der Waals surface area (Å²) in [4.78, 5) is 19.7. The molecule has 2 aromatic heterocycles. The van der Waals surface area contributed by atoms with Gasteiger partial charge in [0.1, 0.15) is 15.8 Å². The zero-order chi connectivity index (χ0) is 15.4. The average Bonchev–Trinajstić information content (AvgIpc) is 2.86. The normalized spacial score (nSPS) is 13.7. The number of carbonyl (C=O) groups excluding carboxylic acids is 1. The van der Waals surface area contributed by atoms with E-state index in [1.54, 1.807) is 13.2 Å². The van der Waals surface area contributed by atoms with E-state index in [0.717, 1.165) is 6.20 Å². The second-order valence-corrected chi connectivity index (χ2v) is 7.32. The van der Waals surface area contributed by atoms with Crippen molar-refractivity contribution >= 4 is 33.0 Å². The standard InChI is InChI=1S/C13H14FN3O2S2/c1-8(21(2)19)3-11(18)17-12-7-16-13(20-12)9-4-10(14)6-15-5-9/h4-8H,3H2,1-2H3,(H,17,18). The van der Waals surface area contributed by atoms with Crippen LogP contribution in [0, 0.1) is 5.82 Å². The Hall–Kier alpha value is -1.67. The molecule has 2 rings (SSSR count). The molecule has 0 aliphatic heterocycles. The maximum Gasteiger partial charge on any atom is 0.226 e. The number of aromatic nitrogens is 2. The largest absolute Gasteiger partial charge is 0.316 e. The minimum absolute atomic E-state index is 0.178. The number of hydrogen-bond acceptors (Lipinski definition) is 5. The number of nitrogens with zero attached hydrogens (tertiary/aromatic N) is 2. The van der Waals surface area contributed by atoms with Crippen LogP contribution in [0.15, 0.2) is 24.7 Å². The van der Waals surface area contributed by atoms with E-state index in [2.05, 4.69) is 15.3 Å². The summed E-state index contributed by atoms with van der Waals surface area (Å²) < 4.78 is 24.3. The van der Waals surface area contributed by atoms with E-state index in [-0.39, 0.29) is 17.6 Å². The fourth-order valence-corrected chi connectivity index (χ4v) is 2.76. The van der Waals surface area contributed by atoms with Crippen LogP contribution in [0.1, 0.15) is 13.3 Å². The van der Waals surface area contributed by atoms with Crippen molar-refractivity contribution in [1.82, 2.24) is 9.97 Å². The highest BCUT2D eigenvalue weighted by atomic mass is 32.2. The Bertz CT molecular complexity index is 675. The minimum Gasteiger partial charge on any atom is -0.316 e. The van der Waals surface area contributed by atoms with Crippen LogP contribution < -0.4 is 5.32 Å². The van der Waals surface area contributed by atoms with Gasteiger partial charge in [0.25, 0.3) is 0 Å². The van der Waals surface area contributed by atoms with Gasteiger partial charge in [-0.15, -0.1) is 0 Å². The Morgan fingerprint density at radius 3 is 2.90 bits per heavy atom. The van der Waals surface area contributed by atoms with Crippen LogP contribution in [0.2, 0.25) is 0 Å². The first-order chi connectivity index (χ1) is 9.95. The molecule has 112 valence electrons. The lowest BCUT2D eigenvalue weighted by Crippen LogP contribution is -2.20. The van der Waals surface area contributed by atoms with Crippen LogP contribution in [0.3, 0.4) is 0 Å². The average molecular weight is 327 g/mol. The number of pyridine rings is 1. The minimum atomic E-state index is -1.04. The fraction of sp³-hybridized carbons (Fsp3) is 0.308. The second kappa shape index (κ2) is 6.86. The smallest absolute Gasteiger partial charge is 0.226 e. The number of anilines is 1. The van der Waals surface area contributed by atoms with Gasteiger partial charge in [-0.1, -0.05) is 18.3 Å². The van der Waals surface area contributed by atoms with Crippen LogP contribution in [0.25, 0.3) is 10.6 Å². The summed E-state index contributed by atoms with van der Waals surface area (Å²) in [7, 11) is -1.04. The molecular weight excluding hydrogens is 313 g/mol. The summed E-state index contributed by atoms with van der Waals surface area (Å²) in [5, 5.41) is 3.63. The topological polar surface area (TPSA) is 72.0 Å². The first kappa shape index (κ1) is 15.7. The molecule has 0 aliphatic carbocycles. The summed E-state index contributed by atoms with van der Waals surface area (Å²) in [5.41, 5.74) is 0.559. The Balaban J connectivity index is 2.03. The summed E-state index contributed by atoms with van der Waals surface area (Å²) in [6, 6.07) is 1.33. The van der Waals surface area contributed by atoms with Crippen LogP contribution in [0.4, 0.5) is 9.39 Å². The summed E-state index contributed by atoms with van der Waals surface area (Å²) in [6.07, 6.45) is 5.88. The Kier molecular flexibility index (Phi) is 5.13. The molecule has 0 aliphatic rings. The predicted molar refractivity (Wildman–Crippen MR) is 82.1 cm³/mol. The third-order valence-electron chi connectivity index (χ3n) is 2.76. The van der Waals surface area contributed by atoms with Gasteiger partial charge < -0.3 is 5.32 Å². The SMILES string of the molecule is CC(CC(=O)Nc1cnc(-c2cncc(F)c2)s1)S(C)=O. The molecule has 5 nitrogen and oxygen atoms in total. The molecule has 0 saturated heterocycles. The van der Waals surface area contributed by atoms with Gasteiger partial charge in [-0.05, 0) is 6.07 Å². The van der Waals surface area contributed by atoms with E-state index in [1.807, 2.05) is 0 Å². The lowest BCUT2D eigenvalue weighted by molar-refractivity contribution is -0.116. The zero-order valence-electron chi connectivity index (χ0n) is 11.5. The number of rotatable bonds is 5. The highest BCUT2D eigenvalue weighted by Crippen LogP contribution is 2.28. The van der Waals surface area contributed by atoms with Crippen molar-refractivity contribution in [3.63, 3.8) is 0 Å². The third-order valence-corrected chi connectivity index (χ3v) is 5.02. The number of amides is 1. The molecule has 21 heavy (non-hydrogen) atoms. The van der Waals surface area contributed by atoms with E-state index >= 15 is 0 Å². The van der Waals surface area contributed by atoms with Gasteiger partial charge in [0.05, 0.1) is 12.4 Å². The Labute approximate surface area is 128 Å². The van der Waals surface area contributed by atoms with Gasteiger partial charge in [0.2, 0.25) is 5.91 Å². The van der Waals surface area contributed by atoms with Crippen LogP contribution in [0.5, 0.6) is 0 Å². The molecule has 0 aromatic carbocycles. The van der Waals surface area contributed by atoms with Crippen molar-refractivity contribution in [2.75, 3.05) is 11.6 Å². The quantitative estimate of drug-likeness (QED) is 0.915. The molecule has 0 saturated carbocycles. The van der Waals surface area contributed by atoms with Gasteiger partial charge in [0, 0.05) is 40.5 Å². The molecule has 2 atom stereocenters. The van der Waals surface area contributed by atoms with Crippen LogP contribution in [-0.4, -0.2) is 31.6 Å². The van der Waals surface area contributed by atoms with E-state index in [1.165, 1.54) is 29.8 Å². The maximum atomic E-state index is 13.1. The summed E-state index contributed by atoms with van der Waals surface area (Å²) >= 11 is 1.23. The Morgan fingerprint density at radius 1 is 1.48 bits per heavy atom. The predicted octanol–water partition coefficient (Wildman–Crippen LogP) is 2.44. The van der Waals surface area contributed by atoms with Crippen molar-refractivity contribution in [3.8, 4) is 10.6 Å². The van der Waals surface area contributed by atoms with Crippen molar-refractivity contribution in [2.45, 2.75) is 18.6 Å². The van der Waals surface area contributed by atoms with Gasteiger partial charge in [-0.2, -0.15) is 0 Å². The molecule has 2 aromatic rings. The molecule has 0 spiro atoms. The molecule has 0 radical (unpaired) electrons. The molecular formula is C13H14FN3O2S2. The molecule has 8 heteroatoms. The number of carbonyl (C=O) groups is 1. The number of halogens is 1. The van der Waals surface area contributed by atoms with Gasteiger partial charge in [0.15, 0.2) is 0 Å². The van der Waals surface area contributed by atoms with E-state index in [9.17, 15) is 13.4 Å². The Morgan fingerprint density at radius 2 is 2.24 bits per heavy atom. The highest BCUT2D eigenvalue weighted by Gasteiger charge is 2.14. The van der Waals surface area contributed by atoms with Gasteiger partial charge in [-0.3, -0.25) is 14.0 Å². The molecule has 0 bridgehead atoms. The molecule has 1 amide bonds. The third kappa shape index (κ3) is 4.40. The molecule has 0 fully saturated rings. The van der Waals surface area contributed by atoms with Crippen LogP contribution >= 0.6 is 11.3 Å². The number of thiazole rings is 1. The first-order valence-electron chi connectivity index (χ1n) is 6.14. The van der Waals surface area contributed by atoms with Gasteiger partial charge in [-0.25, -0.2) is 9.37 Å². The number of nitrogens with one attached hydrogen (secondary N) is 1. The summed E-state index contributed by atoms with van der Waals surface area (Å²) in [6.45, 7) is 1.76. The highest BCUT2D eigenvalue weighted by molar-refractivity contribution is 7.84. The van der Waals surface area contributed by atoms with E-state index in [4.69, 9.17) is 0 Å². The maximum absolute atomic E-state index is 13.1. The van der Waals surface area contributed by atoms with E-state index in [0.29, 0.717) is 15.6 Å². The monoisotopic (exact) mass is 327 g/mol. The van der Waals surface area contributed by atoms with Crippen molar-refractivity contribution < 1.29 is 13.4 Å². The van der Waals surface area contributed by atoms with Crippen molar-refractivity contribution in [3.05, 3.63) is 30.5 Å². The zero-order valence-corrected chi connectivity index (χ0v) is 13.1.